The van der Waals surface area contributed by atoms with Crippen LogP contribution in [0.4, 0.5) is 4.79 Å². The number of fused-ring (bicyclic) bond motifs is 4. The highest BCUT2D eigenvalue weighted by Gasteiger charge is 2.84. The number of rotatable bonds is 6. The number of hydrogen-bond donors (Lipinski definition) is 3. The minimum atomic E-state index is -1.03. The highest BCUT2D eigenvalue weighted by Crippen LogP contribution is 2.89. The number of alkyl carbamates (subject to hydrolysis) is 1. The zero-order chi connectivity index (χ0) is 31.7. The SMILES string of the molecule is CCO[C@@H]([C@H]1C[C@@H](C)C2[C@H](O1)[C@H](O)[C@@]1(C)[C@@H]3CC[C@H]4C(C)(C)[C@@H](OC(=O)NC5COC5)CC[C@@]45C[C@@]35CC[C@]21C)C(C)(C)O. The quantitative estimate of drug-likeness (QED) is 0.363. The normalized spacial score (nSPS) is 51.4. The van der Waals surface area contributed by atoms with Gasteiger partial charge in [0.2, 0.25) is 0 Å². The molecule has 2 aliphatic heterocycles. The zero-order valence-corrected chi connectivity index (χ0v) is 28.5. The van der Waals surface area contributed by atoms with Crippen LogP contribution in [0.2, 0.25) is 0 Å². The van der Waals surface area contributed by atoms with Crippen LogP contribution in [0, 0.1) is 50.7 Å². The van der Waals surface area contributed by atoms with Crippen molar-refractivity contribution >= 4 is 6.09 Å². The number of carbonyl (C=O) groups excluding carboxylic acids is 1. The van der Waals surface area contributed by atoms with Gasteiger partial charge in [-0.05, 0) is 112 Å². The average molecular weight is 618 g/mol. The lowest BCUT2D eigenvalue weighted by atomic mass is 9.41. The monoisotopic (exact) mass is 617 g/mol. The molecule has 13 atom stereocenters. The van der Waals surface area contributed by atoms with Crippen molar-refractivity contribution in [3.8, 4) is 0 Å². The van der Waals surface area contributed by atoms with Crippen LogP contribution < -0.4 is 5.32 Å². The van der Waals surface area contributed by atoms with Gasteiger partial charge in [0.15, 0.2) is 0 Å². The van der Waals surface area contributed by atoms with E-state index in [1.807, 2.05) is 20.8 Å². The maximum absolute atomic E-state index is 12.8. The maximum Gasteiger partial charge on any atom is 0.407 e. The molecule has 44 heavy (non-hydrogen) atoms. The summed E-state index contributed by atoms with van der Waals surface area (Å²) in [5.74, 6) is 1.62. The van der Waals surface area contributed by atoms with Crippen molar-refractivity contribution in [1.29, 1.82) is 0 Å². The van der Waals surface area contributed by atoms with Crippen LogP contribution in [0.15, 0.2) is 0 Å². The first-order chi connectivity index (χ1) is 20.6. The molecule has 5 aliphatic carbocycles. The molecule has 3 N–H and O–H groups in total. The second-order valence-electron chi connectivity index (χ2n) is 17.9. The molecule has 0 radical (unpaired) electrons. The van der Waals surface area contributed by atoms with Crippen molar-refractivity contribution in [2.75, 3.05) is 19.8 Å². The van der Waals surface area contributed by atoms with Crippen LogP contribution in [0.1, 0.15) is 107 Å². The van der Waals surface area contributed by atoms with Gasteiger partial charge in [0.05, 0.1) is 43.2 Å². The maximum atomic E-state index is 12.8. The van der Waals surface area contributed by atoms with Gasteiger partial charge in [-0.2, -0.15) is 0 Å². The third kappa shape index (κ3) is 4.02. The first kappa shape index (κ1) is 31.7. The predicted octanol–water partition coefficient (Wildman–Crippen LogP) is 5.47. The Morgan fingerprint density at radius 2 is 1.73 bits per heavy atom. The zero-order valence-electron chi connectivity index (χ0n) is 28.5. The van der Waals surface area contributed by atoms with Gasteiger partial charge >= 0.3 is 6.09 Å². The Labute approximate surface area is 264 Å². The molecule has 0 bridgehead atoms. The second-order valence-corrected chi connectivity index (χ2v) is 17.9. The van der Waals surface area contributed by atoms with Crippen LogP contribution in [0.25, 0.3) is 0 Å². The first-order valence-electron chi connectivity index (χ1n) is 17.8. The topological polar surface area (TPSA) is 106 Å². The third-order valence-corrected chi connectivity index (χ3v) is 15.4. The molecule has 2 heterocycles. The average Bonchev–Trinajstić information content (AvgIpc) is 3.55. The molecule has 5 saturated carbocycles. The van der Waals surface area contributed by atoms with E-state index in [0.717, 1.165) is 38.5 Å². The van der Waals surface area contributed by atoms with Gasteiger partial charge in [-0.1, -0.05) is 34.6 Å². The summed E-state index contributed by atoms with van der Waals surface area (Å²) in [5, 5.41) is 26.5. The summed E-state index contributed by atoms with van der Waals surface area (Å²) in [4.78, 5) is 12.8. The van der Waals surface area contributed by atoms with Crippen molar-refractivity contribution in [3.63, 3.8) is 0 Å². The fraction of sp³-hybridized carbons (Fsp3) is 0.972. The summed E-state index contributed by atoms with van der Waals surface area (Å²) in [5.41, 5.74) is -0.858. The van der Waals surface area contributed by atoms with Crippen LogP contribution in [-0.2, 0) is 18.9 Å². The third-order valence-electron chi connectivity index (χ3n) is 15.4. The Kier molecular flexibility index (Phi) is 7.22. The van der Waals surface area contributed by atoms with Gasteiger partial charge in [-0.25, -0.2) is 4.79 Å². The first-order valence-corrected chi connectivity index (χ1v) is 17.8. The highest BCUT2D eigenvalue weighted by atomic mass is 16.6. The van der Waals surface area contributed by atoms with E-state index in [2.05, 4.69) is 39.9 Å². The molecule has 2 saturated heterocycles. The molecule has 2 spiro atoms. The molecular weight excluding hydrogens is 558 g/mol. The van der Waals surface area contributed by atoms with Crippen LogP contribution in [0.5, 0.6) is 0 Å². The van der Waals surface area contributed by atoms with E-state index in [1.54, 1.807) is 0 Å². The summed E-state index contributed by atoms with van der Waals surface area (Å²) >= 11 is 0. The van der Waals surface area contributed by atoms with E-state index in [1.165, 1.54) is 12.8 Å². The molecule has 0 aromatic heterocycles. The van der Waals surface area contributed by atoms with Gasteiger partial charge in [-0.3, -0.25) is 0 Å². The molecular formula is C36H59NO7. The van der Waals surface area contributed by atoms with Crippen molar-refractivity contribution in [3.05, 3.63) is 0 Å². The Morgan fingerprint density at radius 3 is 2.36 bits per heavy atom. The van der Waals surface area contributed by atoms with E-state index in [9.17, 15) is 15.0 Å². The minimum Gasteiger partial charge on any atom is -0.446 e. The Morgan fingerprint density at radius 1 is 1.05 bits per heavy atom. The number of carbonyl (C=O) groups is 1. The second kappa shape index (κ2) is 10.0. The van der Waals surface area contributed by atoms with Crippen molar-refractivity contribution < 1.29 is 34.0 Å². The summed E-state index contributed by atoms with van der Waals surface area (Å²) in [6.07, 6.45) is 6.84. The highest BCUT2D eigenvalue weighted by molar-refractivity contribution is 5.68. The number of hydrogen-bond acceptors (Lipinski definition) is 7. The molecule has 1 amide bonds. The minimum absolute atomic E-state index is 0.0109. The molecule has 1 unspecified atom stereocenters. The Bertz CT molecular complexity index is 1150. The molecule has 8 nitrogen and oxygen atoms in total. The molecule has 7 aliphatic rings. The fourth-order valence-corrected chi connectivity index (χ4v) is 13.3. The number of aliphatic hydroxyl groups excluding tert-OH is 1. The molecule has 0 aromatic carbocycles. The van der Waals surface area contributed by atoms with Crippen molar-refractivity contribution in [1.82, 2.24) is 5.32 Å². The molecule has 250 valence electrons. The molecule has 7 fully saturated rings. The van der Waals surface area contributed by atoms with Crippen molar-refractivity contribution in [2.24, 2.45) is 50.7 Å². The summed E-state index contributed by atoms with van der Waals surface area (Å²) < 4.78 is 24.4. The number of aliphatic hydroxyl groups is 2. The lowest BCUT2D eigenvalue weighted by Gasteiger charge is -2.63. The van der Waals surface area contributed by atoms with Crippen molar-refractivity contribution in [2.45, 2.75) is 149 Å². The van der Waals surface area contributed by atoms with E-state index >= 15 is 0 Å². The molecule has 7 rings (SSSR count). The van der Waals surface area contributed by atoms with Gasteiger partial charge in [0.1, 0.15) is 12.2 Å². The standard InChI is InChI=1S/C36H59NO7/c1-9-42-29(32(5,6)40)22-16-20(2)26-27(43-22)28(38)34(8)24-11-10-23-31(3,4)25(44-30(39)37-21-17-41-18-21)12-13-35(23)19-36(24,35)15-14-33(26,34)7/h20-29,38,40H,9-19H2,1-8H3,(H,37,39)/t20-,22-,23+,24+,25+,26?,27+,28+,29+,33-,34-,35-,36+/m1/s1. The van der Waals surface area contributed by atoms with E-state index in [0.29, 0.717) is 37.6 Å². The fourth-order valence-electron chi connectivity index (χ4n) is 13.3. The summed E-state index contributed by atoms with van der Waals surface area (Å²) in [6, 6.07) is 0.0728. The van der Waals surface area contributed by atoms with E-state index in [-0.39, 0.29) is 63.4 Å². The summed E-state index contributed by atoms with van der Waals surface area (Å²) in [6.45, 7) is 19.2. The number of ether oxygens (including phenoxy) is 4. The Balaban J connectivity index is 1.14. The van der Waals surface area contributed by atoms with Gasteiger partial charge in [0.25, 0.3) is 0 Å². The van der Waals surface area contributed by atoms with Crippen LogP contribution in [0.3, 0.4) is 0 Å². The van der Waals surface area contributed by atoms with Crippen LogP contribution in [-0.4, -0.2) is 78.3 Å². The predicted molar refractivity (Wildman–Crippen MR) is 166 cm³/mol. The smallest absolute Gasteiger partial charge is 0.407 e. The van der Waals surface area contributed by atoms with Gasteiger partial charge < -0.3 is 34.5 Å². The lowest BCUT2D eigenvalue weighted by Crippen LogP contribution is -2.60. The molecule has 0 aromatic rings. The largest absolute Gasteiger partial charge is 0.446 e. The lowest BCUT2D eigenvalue weighted by molar-refractivity contribution is -0.215. The summed E-state index contributed by atoms with van der Waals surface area (Å²) in [7, 11) is 0. The number of nitrogens with one attached hydrogen (secondary N) is 1. The van der Waals surface area contributed by atoms with Gasteiger partial charge in [-0.15, -0.1) is 0 Å². The number of amides is 1. The molecule has 8 heteroatoms. The van der Waals surface area contributed by atoms with Gasteiger partial charge in [0, 0.05) is 17.4 Å². The Hall–Kier alpha value is -0.930. The van der Waals surface area contributed by atoms with E-state index < -0.39 is 17.8 Å². The van der Waals surface area contributed by atoms with Crippen LogP contribution >= 0.6 is 0 Å². The van der Waals surface area contributed by atoms with E-state index in [4.69, 9.17) is 18.9 Å².